The minimum Gasteiger partial charge on any atom is -0.378 e. The zero-order valence-corrected chi connectivity index (χ0v) is 11.3. The Morgan fingerprint density at radius 3 is 2.06 bits per heavy atom. The highest BCUT2D eigenvalue weighted by Gasteiger charge is 2.08. The topological polar surface area (TPSA) is 20.3 Å². The van der Waals surface area contributed by atoms with Crippen LogP contribution in [0.5, 0.6) is 0 Å². The standard InChI is InChI=1S/C15H21NO/c1-11(2)15(12(3)17)10-13-6-8-14(9-7-13)16(4)5/h6-11H,1-5H3/b15-10+. The molecule has 0 aromatic heterocycles. The number of hydrogen-bond donors (Lipinski definition) is 0. The Labute approximate surface area is 104 Å². The number of allylic oxidation sites excluding steroid dienone is 1. The third-order valence-electron chi connectivity index (χ3n) is 2.76. The predicted octanol–water partition coefficient (Wildman–Crippen LogP) is 3.38. The lowest BCUT2D eigenvalue weighted by molar-refractivity contribution is -0.113. The second kappa shape index (κ2) is 5.67. The largest absolute Gasteiger partial charge is 0.378 e. The molecule has 0 aliphatic rings. The number of carbonyl (C=O) groups excluding carboxylic acids is 1. The van der Waals surface area contributed by atoms with Crippen molar-refractivity contribution in [3.8, 4) is 0 Å². The van der Waals surface area contributed by atoms with Crippen LogP contribution in [-0.4, -0.2) is 19.9 Å². The van der Waals surface area contributed by atoms with Crippen molar-refractivity contribution in [2.75, 3.05) is 19.0 Å². The van der Waals surface area contributed by atoms with Crippen LogP contribution in [0, 0.1) is 5.92 Å². The molecule has 0 amide bonds. The maximum Gasteiger partial charge on any atom is 0.156 e. The molecule has 0 radical (unpaired) electrons. The van der Waals surface area contributed by atoms with E-state index in [1.165, 1.54) is 0 Å². The molecule has 0 saturated heterocycles. The lowest BCUT2D eigenvalue weighted by atomic mass is 9.97. The summed E-state index contributed by atoms with van der Waals surface area (Å²) in [6.45, 7) is 5.71. The molecule has 0 bridgehead atoms. The molecule has 1 aromatic rings. The smallest absolute Gasteiger partial charge is 0.156 e. The summed E-state index contributed by atoms with van der Waals surface area (Å²) in [6.07, 6.45) is 1.98. The lowest BCUT2D eigenvalue weighted by Gasteiger charge is -2.12. The number of rotatable bonds is 4. The van der Waals surface area contributed by atoms with E-state index >= 15 is 0 Å². The fourth-order valence-electron chi connectivity index (χ4n) is 1.72. The van der Waals surface area contributed by atoms with Crippen molar-refractivity contribution in [2.45, 2.75) is 20.8 Å². The Balaban J connectivity index is 3.01. The molecule has 2 heteroatoms. The van der Waals surface area contributed by atoms with Crippen LogP contribution in [0.1, 0.15) is 26.3 Å². The Kier molecular flexibility index (Phi) is 4.50. The first-order valence-corrected chi connectivity index (χ1v) is 5.91. The monoisotopic (exact) mass is 231 g/mol. The molecule has 1 rings (SSSR count). The van der Waals surface area contributed by atoms with E-state index in [0.29, 0.717) is 0 Å². The van der Waals surface area contributed by atoms with E-state index in [4.69, 9.17) is 0 Å². The van der Waals surface area contributed by atoms with E-state index in [-0.39, 0.29) is 11.7 Å². The first kappa shape index (κ1) is 13.5. The highest BCUT2D eigenvalue weighted by atomic mass is 16.1. The van der Waals surface area contributed by atoms with Gasteiger partial charge in [0.05, 0.1) is 0 Å². The molecule has 0 aliphatic heterocycles. The van der Waals surface area contributed by atoms with Gasteiger partial charge in [-0.1, -0.05) is 26.0 Å². The van der Waals surface area contributed by atoms with Gasteiger partial charge in [0.2, 0.25) is 0 Å². The molecule has 0 fully saturated rings. The van der Waals surface area contributed by atoms with E-state index in [0.717, 1.165) is 16.8 Å². The minimum atomic E-state index is 0.150. The van der Waals surface area contributed by atoms with Gasteiger partial charge in [-0.2, -0.15) is 0 Å². The second-order valence-corrected chi connectivity index (χ2v) is 4.80. The maximum atomic E-state index is 11.5. The van der Waals surface area contributed by atoms with E-state index in [1.807, 2.05) is 46.2 Å². The number of nitrogens with zero attached hydrogens (tertiary/aromatic N) is 1. The van der Waals surface area contributed by atoms with Crippen molar-refractivity contribution in [3.05, 3.63) is 35.4 Å². The zero-order chi connectivity index (χ0) is 13.0. The molecule has 92 valence electrons. The fraction of sp³-hybridized carbons (Fsp3) is 0.400. The summed E-state index contributed by atoms with van der Waals surface area (Å²) < 4.78 is 0. The highest BCUT2D eigenvalue weighted by Crippen LogP contribution is 2.18. The SMILES string of the molecule is CC(=O)/C(=C/c1ccc(N(C)C)cc1)C(C)C. The highest BCUT2D eigenvalue weighted by molar-refractivity contribution is 5.98. The van der Waals surface area contributed by atoms with Crippen LogP contribution >= 0.6 is 0 Å². The van der Waals surface area contributed by atoms with Gasteiger partial charge in [0, 0.05) is 19.8 Å². The van der Waals surface area contributed by atoms with Crippen LogP contribution < -0.4 is 4.90 Å². The number of benzene rings is 1. The normalized spacial score (nSPS) is 11.8. The van der Waals surface area contributed by atoms with Crippen molar-refractivity contribution in [1.82, 2.24) is 0 Å². The van der Waals surface area contributed by atoms with E-state index < -0.39 is 0 Å². The average molecular weight is 231 g/mol. The summed E-state index contributed by atoms with van der Waals surface area (Å²) in [4.78, 5) is 13.5. The molecule has 2 nitrogen and oxygen atoms in total. The number of carbonyl (C=O) groups is 1. The van der Waals surface area contributed by atoms with E-state index in [1.54, 1.807) is 6.92 Å². The molecular formula is C15H21NO. The van der Waals surface area contributed by atoms with E-state index in [9.17, 15) is 4.79 Å². The third kappa shape index (κ3) is 3.74. The molecule has 17 heavy (non-hydrogen) atoms. The van der Waals surface area contributed by atoms with E-state index in [2.05, 4.69) is 17.0 Å². The fourth-order valence-corrected chi connectivity index (χ4v) is 1.72. The van der Waals surface area contributed by atoms with Gasteiger partial charge in [-0.25, -0.2) is 0 Å². The van der Waals surface area contributed by atoms with Crippen molar-refractivity contribution in [1.29, 1.82) is 0 Å². The Morgan fingerprint density at radius 1 is 1.18 bits per heavy atom. The average Bonchev–Trinajstić information content (AvgIpc) is 2.25. The van der Waals surface area contributed by atoms with Crippen molar-refractivity contribution < 1.29 is 4.79 Å². The minimum absolute atomic E-state index is 0.150. The van der Waals surface area contributed by atoms with Gasteiger partial charge >= 0.3 is 0 Å². The summed E-state index contributed by atoms with van der Waals surface area (Å²) in [7, 11) is 4.03. The Morgan fingerprint density at radius 2 is 1.71 bits per heavy atom. The number of hydrogen-bond acceptors (Lipinski definition) is 2. The number of ketones is 1. The quantitative estimate of drug-likeness (QED) is 0.740. The summed E-state index contributed by atoms with van der Waals surface area (Å²) in [5.74, 6) is 0.415. The predicted molar refractivity (Wildman–Crippen MR) is 74.3 cm³/mol. The van der Waals surface area contributed by atoms with Crippen LogP contribution in [0.15, 0.2) is 29.8 Å². The van der Waals surface area contributed by atoms with Crippen LogP contribution in [-0.2, 0) is 4.79 Å². The summed E-state index contributed by atoms with van der Waals surface area (Å²) in [5.41, 5.74) is 3.12. The lowest BCUT2D eigenvalue weighted by Crippen LogP contribution is -2.08. The van der Waals surface area contributed by atoms with Crippen LogP contribution in [0.25, 0.3) is 6.08 Å². The molecule has 0 saturated carbocycles. The molecule has 1 aromatic carbocycles. The molecule has 0 unspecified atom stereocenters. The van der Waals surface area contributed by atoms with Gasteiger partial charge in [0.15, 0.2) is 5.78 Å². The van der Waals surface area contributed by atoms with Crippen LogP contribution in [0.2, 0.25) is 0 Å². The summed E-state index contributed by atoms with van der Waals surface area (Å²) in [5, 5.41) is 0. The van der Waals surface area contributed by atoms with Gasteiger partial charge in [-0.15, -0.1) is 0 Å². The molecule has 0 aliphatic carbocycles. The molecular weight excluding hydrogens is 210 g/mol. The first-order chi connectivity index (χ1) is 7.91. The van der Waals surface area contributed by atoms with Gasteiger partial charge in [0.1, 0.15) is 0 Å². The molecule has 0 heterocycles. The second-order valence-electron chi connectivity index (χ2n) is 4.80. The van der Waals surface area contributed by atoms with Crippen LogP contribution in [0.3, 0.4) is 0 Å². The van der Waals surface area contributed by atoms with Gasteiger partial charge in [-0.05, 0) is 42.2 Å². The Bertz CT molecular complexity index is 413. The van der Waals surface area contributed by atoms with Crippen molar-refractivity contribution in [3.63, 3.8) is 0 Å². The van der Waals surface area contributed by atoms with Crippen molar-refractivity contribution in [2.24, 2.45) is 5.92 Å². The number of Topliss-reactive ketones (excluding diaryl/α,β-unsaturated/α-hetero) is 1. The van der Waals surface area contributed by atoms with Crippen LogP contribution in [0.4, 0.5) is 5.69 Å². The third-order valence-corrected chi connectivity index (χ3v) is 2.76. The molecule has 0 atom stereocenters. The van der Waals surface area contributed by atoms with Gasteiger partial charge in [-0.3, -0.25) is 4.79 Å². The van der Waals surface area contributed by atoms with Gasteiger partial charge in [0.25, 0.3) is 0 Å². The zero-order valence-electron chi connectivity index (χ0n) is 11.3. The molecule has 0 spiro atoms. The summed E-state index contributed by atoms with van der Waals surface area (Å²) >= 11 is 0. The van der Waals surface area contributed by atoms with Crippen molar-refractivity contribution >= 4 is 17.5 Å². The number of anilines is 1. The maximum absolute atomic E-state index is 11.5. The Hall–Kier alpha value is -1.57. The van der Waals surface area contributed by atoms with Gasteiger partial charge < -0.3 is 4.90 Å². The molecule has 0 N–H and O–H groups in total. The first-order valence-electron chi connectivity index (χ1n) is 5.91. The summed E-state index contributed by atoms with van der Waals surface area (Å²) in [6, 6.07) is 8.20.